The van der Waals surface area contributed by atoms with Gasteiger partial charge in [0.25, 0.3) is 0 Å². The molecule has 0 fully saturated rings. The van der Waals surface area contributed by atoms with Gasteiger partial charge in [-0.05, 0) is 30.7 Å². The molecular weight excluding hydrogens is 290 g/mol. The molecule has 2 heterocycles. The van der Waals surface area contributed by atoms with E-state index < -0.39 is 0 Å². The van der Waals surface area contributed by atoms with Crippen molar-refractivity contribution in [2.24, 2.45) is 0 Å². The number of carbonyl (C=O) groups is 1. The van der Waals surface area contributed by atoms with Crippen LogP contribution in [-0.2, 0) is 17.8 Å². The summed E-state index contributed by atoms with van der Waals surface area (Å²) in [6, 6.07) is 11.6. The van der Waals surface area contributed by atoms with Crippen molar-refractivity contribution in [2.45, 2.75) is 19.9 Å². The standard InChI is InChI=1S/C18H17N3O2/c1-13(22)8-14-4-2-5-15(9-14)17-11-19-12-18(21-17)20-10-16-6-3-7-23-16/h2-7,9,11-12H,8,10H2,1H3,(H,20,21). The molecule has 0 unspecified atom stereocenters. The maximum atomic E-state index is 11.3. The fourth-order valence-electron chi connectivity index (χ4n) is 2.31. The molecule has 3 rings (SSSR count). The van der Waals surface area contributed by atoms with Crippen LogP contribution in [0.1, 0.15) is 18.2 Å². The van der Waals surface area contributed by atoms with Crippen LogP contribution in [0.15, 0.2) is 59.5 Å². The molecule has 1 aromatic carbocycles. The molecule has 0 aliphatic carbocycles. The summed E-state index contributed by atoms with van der Waals surface area (Å²) in [6.07, 6.45) is 5.45. The van der Waals surface area contributed by atoms with E-state index in [-0.39, 0.29) is 5.78 Å². The van der Waals surface area contributed by atoms with E-state index >= 15 is 0 Å². The molecule has 0 amide bonds. The van der Waals surface area contributed by atoms with Gasteiger partial charge in [-0.3, -0.25) is 9.78 Å². The third-order valence-electron chi connectivity index (χ3n) is 3.33. The van der Waals surface area contributed by atoms with Crippen LogP contribution < -0.4 is 5.32 Å². The van der Waals surface area contributed by atoms with Crippen molar-refractivity contribution >= 4 is 11.6 Å². The lowest BCUT2D eigenvalue weighted by atomic mass is 10.0. The monoisotopic (exact) mass is 307 g/mol. The Morgan fingerprint density at radius 2 is 2.13 bits per heavy atom. The minimum absolute atomic E-state index is 0.141. The number of aromatic nitrogens is 2. The molecular formula is C18H17N3O2. The number of carbonyl (C=O) groups excluding carboxylic acids is 1. The molecule has 0 aliphatic rings. The Morgan fingerprint density at radius 3 is 2.91 bits per heavy atom. The number of ketones is 1. The second kappa shape index (κ2) is 6.87. The van der Waals surface area contributed by atoms with Crippen LogP contribution in [0.5, 0.6) is 0 Å². The summed E-state index contributed by atoms with van der Waals surface area (Å²) in [5.74, 6) is 1.65. The van der Waals surface area contributed by atoms with E-state index in [0.717, 1.165) is 22.6 Å². The lowest BCUT2D eigenvalue weighted by Crippen LogP contribution is -2.02. The maximum absolute atomic E-state index is 11.3. The first kappa shape index (κ1) is 15.0. The smallest absolute Gasteiger partial charge is 0.145 e. The lowest BCUT2D eigenvalue weighted by molar-refractivity contribution is -0.116. The van der Waals surface area contributed by atoms with E-state index in [1.807, 2.05) is 36.4 Å². The van der Waals surface area contributed by atoms with Gasteiger partial charge in [-0.15, -0.1) is 0 Å². The predicted octanol–water partition coefficient (Wildman–Crippen LogP) is 3.48. The van der Waals surface area contributed by atoms with Gasteiger partial charge in [0, 0.05) is 12.0 Å². The minimum atomic E-state index is 0.141. The number of furan rings is 1. The second-order valence-electron chi connectivity index (χ2n) is 5.30. The molecule has 0 spiro atoms. The zero-order valence-electron chi connectivity index (χ0n) is 12.8. The van der Waals surface area contributed by atoms with Gasteiger partial charge in [-0.25, -0.2) is 4.98 Å². The number of rotatable bonds is 6. The van der Waals surface area contributed by atoms with Crippen molar-refractivity contribution in [2.75, 3.05) is 5.32 Å². The van der Waals surface area contributed by atoms with Gasteiger partial charge < -0.3 is 9.73 Å². The molecule has 116 valence electrons. The Bertz CT molecular complexity index is 798. The number of Topliss-reactive ketones (excluding diaryl/α,β-unsaturated/α-hetero) is 1. The highest BCUT2D eigenvalue weighted by molar-refractivity contribution is 5.78. The third kappa shape index (κ3) is 4.03. The summed E-state index contributed by atoms with van der Waals surface area (Å²) in [5.41, 5.74) is 2.68. The van der Waals surface area contributed by atoms with Crippen molar-refractivity contribution in [3.05, 3.63) is 66.4 Å². The van der Waals surface area contributed by atoms with E-state index in [1.165, 1.54) is 0 Å². The third-order valence-corrected chi connectivity index (χ3v) is 3.33. The molecule has 1 N–H and O–H groups in total. The number of benzene rings is 1. The molecule has 0 bridgehead atoms. The largest absolute Gasteiger partial charge is 0.467 e. The quantitative estimate of drug-likeness (QED) is 0.755. The van der Waals surface area contributed by atoms with Gasteiger partial charge in [0.2, 0.25) is 0 Å². The van der Waals surface area contributed by atoms with Crippen LogP contribution in [0.25, 0.3) is 11.3 Å². The van der Waals surface area contributed by atoms with Gasteiger partial charge in [-0.2, -0.15) is 0 Å². The molecule has 23 heavy (non-hydrogen) atoms. The first-order valence-electron chi connectivity index (χ1n) is 7.38. The highest BCUT2D eigenvalue weighted by Crippen LogP contribution is 2.19. The van der Waals surface area contributed by atoms with Crippen LogP contribution >= 0.6 is 0 Å². The van der Waals surface area contributed by atoms with Crippen LogP contribution in [0.3, 0.4) is 0 Å². The number of nitrogens with zero attached hydrogens (tertiary/aromatic N) is 2. The summed E-state index contributed by atoms with van der Waals surface area (Å²) in [7, 11) is 0. The Kier molecular flexibility index (Phi) is 4.47. The van der Waals surface area contributed by atoms with Gasteiger partial charge in [0.15, 0.2) is 0 Å². The van der Waals surface area contributed by atoms with Crippen molar-refractivity contribution in [3.8, 4) is 11.3 Å². The van der Waals surface area contributed by atoms with E-state index in [0.29, 0.717) is 18.8 Å². The summed E-state index contributed by atoms with van der Waals surface area (Å²) >= 11 is 0. The lowest BCUT2D eigenvalue weighted by Gasteiger charge is -2.07. The first-order valence-corrected chi connectivity index (χ1v) is 7.38. The van der Waals surface area contributed by atoms with Crippen molar-refractivity contribution in [1.29, 1.82) is 0 Å². The topological polar surface area (TPSA) is 68.0 Å². The van der Waals surface area contributed by atoms with Crippen LogP contribution in [0, 0.1) is 0 Å². The zero-order valence-corrected chi connectivity index (χ0v) is 12.8. The van der Waals surface area contributed by atoms with Crippen LogP contribution in [0.4, 0.5) is 5.82 Å². The number of hydrogen-bond donors (Lipinski definition) is 1. The van der Waals surface area contributed by atoms with E-state index in [2.05, 4.69) is 15.3 Å². The number of hydrogen-bond acceptors (Lipinski definition) is 5. The Labute approximate surface area is 134 Å². The van der Waals surface area contributed by atoms with Gasteiger partial charge >= 0.3 is 0 Å². The maximum Gasteiger partial charge on any atom is 0.145 e. The summed E-state index contributed by atoms with van der Waals surface area (Å²) in [6.45, 7) is 2.14. The molecule has 0 aliphatic heterocycles. The van der Waals surface area contributed by atoms with Gasteiger partial charge in [0.05, 0.1) is 30.9 Å². The molecule has 5 nitrogen and oxygen atoms in total. The average Bonchev–Trinajstić information content (AvgIpc) is 3.06. The van der Waals surface area contributed by atoms with E-state index in [9.17, 15) is 4.79 Å². The SMILES string of the molecule is CC(=O)Cc1cccc(-c2cncc(NCc3ccco3)n2)c1. The molecule has 2 aromatic heterocycles. The number of nitrogens with one attached hydrogen (secondary N) is 1. The Morgan fingerprint density at radius 1 is 1.22 bits per heavy atom. The van der Waals surface area contributed by atoms with Crippen molar-refractivity contribution in [3.63, 3.8) is 0 Å². The Hall–Kier alpha value is -2.95. The molecule has 5 heteroatoms. The van der Waals surface area contributed by atoms with E-state index in [4.69, 9.17) is 4.42 Å². The summed E-state index contributed by atoms with van der Waals surface area (Å²) in [4.78, 5) is 20.1. The highest BCUT2D eigenvalue weighted by Gasteiger charge is 2.05. The van der Waals surface area contributed by atoms with Crippen LogP contribution in [0.2, 0.25) is 0 Å². The highest BCUT2D eigenvalue weighted by atomic mass is 16.3. The molecule has 0 radical (unpaired) electrons. The first-order chi connectivity index (χ1) is 11.2. The Balaban J connectivity index is 1.77. The minimum Gasteiger partial charge on any atom is -0.467 e. The molecule has 0 saturated heterocycles. The second-order valence-corrected chi connectivity index (χ2v) is 5.30. The molecule has 0 saturated carbocycles. The van der Waals surface area contributed by atoms with Crippen molar-refractivity contribution < 1.29 is 9.21 Å². The fourth-order valence-corrected chi connectivity index (χ4v) is 2.31. The predicted molar refractivity (Wildman–Crippen MR) is 87.9 cm³/mol. The normalized spacial score (nSPS) is 10.5. The fraction of sp³-hybridized carbons (Fsp3) is 0.167. The summed E-state index contributed by atoms with van der Waals surface area (Å²) in [5, 5.41) is 3.18. The average molecular weight is 307 g/mol. The van der Waals surface area contributed by atoms with Crippen LogP contribution in [-0.4, -0.2) is 15.8 Å². The summed E-state index contributed by atoms with van der Waals surface area (Å²) < 4.78 is 5.28. The van der Waals surface area contributed by atoms with Gasteiger partial charge in [0.1, 0.15) is 17.4 Å². The number of anilines is 1. The van der Waals surface area contributed by atoms with Crippen molar-refractivity contribution in [1.82, 2.24) is 9.97 Å². The van der Waals surface area contributed by atoms with E-state index in [1.54, 1.807) is 25.6 Å². The zero-order chi connectivity index (χ0) is 16.1. The van der Waals surface area contributed by atoms with Gasteiger partial charge in [-0.1, -0.05) is 18.2 Å². The molecule has 0 atom stereocenters. The molecule has 3 aromatic rings.